The van der Waals surface area contributed by atoms with Crippen LogP contribution in [0.4, 0.5) is 5.69 Å². The lowest BCUT2D eigenvalue weighted by atomic mass is 9.97. The van der Waals surface area contributed by atoms with E-state index in [1.807, 2.05) is 24.3 Å². The highest BCUT2D eigenvalue weighted by Crippen LogP contribution is 2.29. The van der Waals surface area contributed by atoms with E-state index in [0.717, 1.165) is 10.2 Å². The molecule has 1 amide bonds. The van der Waals surface area contributed by atoms with Crippen molar-refractivity contribution in [1.29, 1.82) is 0 Å². The molecule has 4 nitrogen and oxygen atoms in total. The molecule has 100 valence electrons. The van der Waals surface area contributed by atoms with Gasteiger partial charge in [0.1, 0.15) is 5.76 Å². The maximum atomic E-state index is 11.8. The van der Waals surface area contributed by atoms with Gasteiger partial charge in [-0.05, 0) is 59.3 Å². The average molecular weight is 388 g/mol. The zero-order valence-corrected chi connectivity index (χ0v) is 13.3. The van der Waals surface area contributed by atoms with E-state index >= 15 is 0 Å². The number of hydrogen-bond donors (Lipinski definition) is 2. The number of furan rings is 1. The van der Waals surface area contributed by atoms with Gasteiger partial charge in [-0.3, -0.25) is 4.79 Å². The minimum absolute atomic E-state index is 0.454. The summed E-state index contributed by atoms with van der Waals surface area (Å²) in [5, 5.41) is 3.10. The fourth-order valence-electron chi connectivity index (χ4n) is 1.65. The Kier molecular flexibility index (Phi) is 4.01. The van der Waals surface area contributed by atoms with Gasteiger partial charge in [-0.1, -0.05) is 15.9 Å². The van der Waals surface area contributed by atoms with Crippen molar-refractivity contribution in [3.05, 3.63) is 51.3 Å². The number of halogens is 2. The predicted molar refractivity (Wildman–Crippen MR) is 80.7 cm³/mol. The number of hydrogen-bond acceptors (Lipinski definition) is 3. The smallest absolute Gasteiger partial charge is 0.250 e. The van der Waals surface area contributed by atoms with Crippen LogP contribution < -0.4 is 11.1 Å². The minimum atomic E-state index is -1.11. The summed E-state index contributed by atoms with van der Waals surface area (Å²) < 4.78 is 6.96. The Morgan fingerprint density at radius 2 is 1.84 bits per heavy atom. The van der Waals surface area contributed by atoms with Crippen molar-refractivity contribution in [2.75, 3.05) is 5.32 Å². The SMILES string of the molecule is CC(Nc1ccc(Br)cc1)(C(N)=O)c1ccc(Br)o1. The van der Waals surface area contributed by atoms with Gasteiger partial charge in [0.05, 0.1) is 0 Å². The molecular weight excluding hydrogens is 376 g/mol. The molecule has 0 fully saturated rings. The van der Waals surface area contributed by atoms with E-state index in [1.54, 1.807) is 19.1 Å². The Hall–Kier alpha value is -1.27. The zero-order valence-electron chi connectivity index (χ0n) is 10.1. The molecule has 3 N–H and O–H groups in total. The largest absolute Gasteiger partial charge is 0.451 e. The van der Waals surface area contributed by atoms with Crippen LogP contribution in [-0.4, -0.2) is 5.91 Å². The number of rotatable bonds is 4. The van der Waals surface area contributed by atoms with E-state index in [1.165, 1.54) is 0 Å². The summed E-state index contributed by atoms with van der Waals surface area (Å²) >= 11 is 6.57. The van der Waals surface area contributed by atoms with Crippen molar-refractivity contribution in [2.24, 2.45) is 5.73 Å². The number of benzene rings is 1. The van der Waals surface area contributed by atoms with E-state index in [2.05, 4.69) is 37.2 Å². The summed E-state index contributed by atoms with van der Waals surface area (Å²) in [6, 6.07) is 10.9. The molecule has 0 spiro atoms. The molecule has 1 heterocycles. The first-order chi connectivity index (χ1) is 8.91. The monoisotopic (exact) mass is 386 g/mol. The van der Waals surface area contributed by atoms with Crippen LogP contribution in [0.15, 0.2) is 50.0 Å². The van der Waals surface area contributed by atoms with Crippen molar-refractivity contribution in [3.63, 3.8) is 0 Å². The molecule has 1 unspecified atom stereocenters. The second-order valence-corrected chi connectivity index (χ2v) is 5.92. The first-order valence-electron chi connectivity index (χ1n) is 5.51. The standard InChI is InChI=1S/C13H12Br2N2O2/c1-13(12(16)18,10-6-7-11(15)19-10)17-9-4-2-8(14)3-5-9/h2-7,17H,1H3,(H2,16,18). The Labute approximate surface area is 127 Å². The third-order valence-corrected chi connectivity index (χ3v) is 3.75. The van der Waals surface area contributed by atoms with Crippen LogP contribution in [0.3, 0.4) is 0 Å². The van der Waals surface area contributed by atoms with Crippen LogP contribution >= 0.6 is 31.9 Å². The summed E-state index contributed by atoms with van der Waals surface area (Å²) in [6.07, 6.45) is 0. The summed E-state index contributed by atoms with van der Waals surface area (Å²) in [7, 11) is 0. The van der Waals surface area contributed by atoms with E-state index in [9.17, 15) is 4.79 Å². The average Bonchev–Trinajstić information content (AvgIpc) is 2.79. The summed E-state index contributed by atoms with van der Waals surface area (Å²) in [5.41, 5.74) is 5.17. The van der Waals surface area contributed by atoms with Crippen molar-refractivity contribution in [2.45, 2.75) is 12.5 Å². The molecule has 0 saturated heterocycles. The highest BCUT2D eigenvalue weighted by atomic mass is 79.9. The fourth-order valence-corrected chi connectivity index (χ4v) is 2.22. The maximum absolute atomic E-state index is 11.8. The van der Waals surface area contributed by atoms with Gasteiger partial charge in [-0.25, -0.2) is 0 Å². The Bertz CT molecular complexity index is 595. The number of nitrogens with two attached hydrogens (primary N) is 1. The second-order valence-electron chi connectivity index (χ2n) is 4.22. The first-order valence-corrected chi connectivity index (χ1v) is 7.10. The molecule has 0 aliphatic heterocycles. The number of primary amides is 1. The summed E-state index contributed by atoms with van der Waals surface area (Å²) in [4.78, 5) is 11.8. The lowest BCUT2D eigenvalue weighted by molar-refractivity contribution is -0.122. The molecule has 1 aromatic carbocycles. The molecule has 1 aromatic heterocycles. The summed E-state index contributed by atoms with van der Waals surface area (Å²) in [5.74, 6) is -0.0629. The van der Waals surface area contributed by atoms with Crippen LogP contribution in [0.2, 0.25) is 0 Å². The Balaban J connectivity index is 2.35. The van der Waals surface area contributed by atoms with Gasteiger partial charge in [-0.2, -0.15) is 0 Å². The molecular formula is C13H12Br2N2O2. The molecule has 2 rings (SSSR count). The van der Waals surface area contributed by atoms with Crippen LogP contribution in [0.1, 0.15) is 12.7 Å². The lowest BCUT2D eigenvalue weighted by Crippen LogP contribution is -2.44. The van der Waals surface area contributed by atoms with Crippen molar-refractivity contribution in [3.8, 4) is 0 Å². The fraction of sp³-hybridized carbons (Fsp3) is 0.154. The van der Waals surface area contributed by atoms with Crippen molar-refractivity contribution >= 4 is 43.5 Å². The molecule has 2 aromatic rings. The molecule has 19 heavy (non-hydrogen) atoms. The van der Waals surface area contributed by atoms with Gasteiger partial charge in [0.15, 0.2) is 10.2 Å². The molecule has 0 radical (unpaired) electrons. The third-order valence-electron chi connectivity index (χ3n) is 2.80. The Morgan fingerprint density at radius 1 is 1.21 bits per heavy atom. The maximum Gasteiger partial charge on any atom is 0.250 e. The number of carbonyl (C=O) groups is 1. The van der Waals surface area contributed by atoms with Gasteiger partial charge in [-0.15, -0.1) is 0 Å². The number of amides is 1. The molecule has 1 atom stereocenters. The highest BCUT2D eigenvalue weighted by molar-refractivity contribution is 9.10. The topological polar surface area (TPSA) is 68.3 Å². The van der Waals surface area contributed by atoms with Crippen LogP contribution in [0.25, 0.3) is 0 Å². The van der Waals surface area contributed by atoms with E-state index < -0.39 is 11.4 Å². The van der Waals surface area contributed by atoms with Gasteiger partial charge < -0.3 is 15.5 Å². The predicted octanol–water partition coefficient (Wildman–Crippen LogP) is 3.62. The van der Waals surface area contributed by atoms with Crippen LogP contribution in [0, 0.1) is 0 Å². The van der Waals surface area contributed by atoms with E-state index in [0.29, 0.717) is 10.4 Å². The molecule has 0 bridgehead atoms. The second kappa shape index (κ2) is 5.38. The van der Waals surface area contributed by atoms with Gasteiger partial charge in [0, 0.05) is 10.2 Å². The van der Waals surface area contributed by atoms with Crippen LogP contribution in [-0.2, 0) is 10.3 Å². The van der Waals surface area contributed by atoms with Crippen LogP contribution in [0.5, 0.6) is 0 Å². The number of anilines is 1. The molecule has 0 saturated carbocycles. The zero-order chi connectivity index (χ0) is 14.0. The molecule has 0 aliphatic rings. The number of carbonyl (C=O) groups excluding carboxylic acids is 1. The van der Waals surface area contributed by atoms with Crippen molar-refractivity contribution in [1.82, 2.24) is 0 Å². The molecule has 0 aliphatic carbocycles. The number of nitrogens with one attached hydrogen (secondary N) is 1. The quantitative estimate of drug-likeness (QED) is 0.841. The highest BCUT2D eigenvalue weighted by Gasteiger charge is 2.36. The first kappa shape index (κ1) is 14.1. The minimum Gasteiger partial charge on any atom is -0.451 e. The van der Waals surface area contributed by atoms with E-state index in [-0.39, 0.29) is 0 Å². The van der Waals surface area contributed by atoms with Gasteiger partial charge in [0.25, 0.3) is 5.91 Å². The van der Waals surface area contributed by atoms with Gasteiger partial charge in [0.2, 0.25) is 0 Å². The summed E-state index contributed by atoms with van der Waals surface area (Å²) in [6.45, 7) is 1.68. The Morgan fingerprint density at radius 3 is 2.32 bits per heavy atom. The molecule has 6 heteroatoms. The third kappa shape index (κ3) is 3.01. The lowest BCUT2D eigenvalue weighted by Gasteiger charge is -2.26. The van der Waals surface area contributed by atoms with E-state index in [4.69, 9.17) is 10.2 Å². The van der Waals surface area contributed by atoms with Crippen molar-refractivity contribution < 1.29 is 9.21 Å². The normalized spacial score (nSPS) is 13.8. The van der Waals surface area contributed by atoms with Gasteiger partial charge >= 0.3 is 0 Å².